The van der Waals surface area contributed by atoms with E-state index >= 15 is 0 Å². The van der Waals surface area contributed by atoms with Gasteiger partial charge < -0.3 is 15.0 Å². The highest BCUT2D eigenvalue weighted by Crippen LogP contribution is 2.29. The Bertz CT molecular complexity index is 671. The molecule has 2 heterocycles. The second-order valence-electron chi connectivity index (χ2n) is 5.48. The molecule has 8 heteroatoms. The molecule has 3 rings (SSSR count). The van der Waals surface area contributed by atoms with Gasteiger partial charge in [-0.05, 0) is 25.2 Å². The molecule has 1 fully saturated rings. The van der Waals surface area contributed by atoms with E-state index in [1.807, 2.05) is 18.2 Å². The SMILES string of the molecule is COc1ccc2nc(NC(=O)CN3CCN(C)CC3)sc2c1.Cl. The molecule has 0 atom stereocenters. The summed E-state index contributed by atoms with van der Waals surface area (Å²) in [5, 5.41) is 3.54. The van der Waals surface area contributed by atoms with Crippen LogP contribution in [0.25, 0.3) is 10.2 Å². The lowest BCUT2D eigenvalue weighted by Crippen LogP contribution is -2.47. The van der Waals surface area contributed by atoms with Gasteiger partial charge in [0.05, 0.1) is 23.9 Å². The monoisotopic (exact) mass is 356 g/mol. The number of amides is 1. The Morgan fingerprint density at radius 3 is 2.78 bits per heavy atom. The summed E-state index contributed by atoms with van der Waals surface area (Å²) < 4.78 is 6.21. The van der Waals surface area contributed by atoms with Crippen LogP contribution >= 0.6 is 23.7 Å². The number of halogens is 1. The van der Waals surface area contributed by atoms with Gasteiger partial charge in [-0.2, -0.15) is 0 Å². The second kappa shape index (κ2) is 7.92. The summed E-state index contributed by atoms with van der Waals surface area (Å²) in [7, 11) is 3.74. The predicted molar refractivity (Wildman–Crippen MR) is 96.0 cm³/mol. The van der Waals surface area contributed by atoms with Gasteiger partial charge in [-0.1, -0.05) is 11.3 Å². The molecule has 126 valence electrons. The second-order valence-corrected chi connectivity index (χ2v) is 6.51. The van der Waals surface area contributed by atoms with Crippen LogP contribution in [0.5, 0.6) is 5.75 Å². The van der Waals surface area contributed by atoms with Crippen molar-refractivity contribution in [3.63, 3.8) is 0 Å². The molecule has 0 aliphatic carbocycles. The minimum atomic E-state index is -0.00410. The average molecular weight is 357 g/mol. The normalized spacial score (nSPS) is 16.1. The highest BCUT2D eigenvalue weighted by Gasteiger charge is 2.17. The highest BCUT2D eigenvalue weighted by atomic mass is 35.5. The van der Waals surface area contributed by atoms with Crippen LogP contribution in [0, 0.1) is 0 Å². The Kier molecular flexibility index (Phi) is 6.17. The van der Waals surface area contributed by atoms with Gasteiger partial charge in [0.2, 0.25) is 5.91 Å². The number of likely N-dealkylation sites (N-methyl/N-ethyl adjacent to an activating group) is 1. The van der Waals surface area contributed by atoms with Crippen molar-refractivity contribution in [2.24, 2.45) is 0 Å². The number of nitrogens with one attached hydrogen (secondary N) is 1. The first-order valence-corrected chi connectivity index (χ1v) is 8.11. The van der Waals surface area contributed by atoms with Gasteiger partial charge in [0, 0.05) is 26.2 Å². The number of nitrogens with zero attached hydrogens (tertiary/aromatic N) is 3. The standard InChI is InChI=1S/C15H20N4O2S.ClH/c1-18-5-7-19(8-6-18)10-14(20)17-15-16-12-4-3-11(21-2)9-13(12)22-15;/h3-4,9H,5-8,10H2,1-2H3,(H,16,17,20);1H. The summed E-state index contributed by atoms with van der Waals surface area (Å²) in [6.45, 7) is 4.30. The molecule has 1 aromatic heterocycles. The van der Waals surface area contributed by atoms with Crippen LogP contribution in [0.15, 0.2) is 18.2 Å². The van der Waals surface area contributed by atoms with Crippen molar-refractivity contribution in [2.45, 2.75) is 0 Å². The zero-order valence-corrected chi connectivity index (χ0v) is 14.9. The first kappa shape index (κ1) is 17.9. The number of benzene rings is 1. The minimum Gasteiger partial charge on any atom is -0.497 e. The van der Waals surface area contributed by atoms with Crippen molar-refractivity contribution in [3.8, 4) is 5.75 Å². The summed E-state index contributed by atoms with van der Waals surface area (Å²) in [4.78, 5) is 21.0. The summed E-state index contributed by atoms with van der Waals surface area (Å²) in [5.74, 6) is 0.794. The first-order valence-electron chi connectivity index (χ1n) is 7.29. The van der Waals surface area contributed by atoms with Crippen molar-refractivity contribution >= 4 is 45.0 Å². The lowest BCUT2D eigenvalue weighted by Gasteiger charge is -2.31. The highest BCUT2D eigenvalue weighted by molar-refractivity contribution is 7.22. The fourth-order valence-corrected chi connectivity index (χ4v) is 3.36. The molecule has 1 aliphatic rings. The van der Waals surface area contributed by atoms with Crippen molar-refractivity contribution in [2.75, 3.05) is 52.2 Å². The number of anilines is 1. The predicted octanol–water partition coefficient (Wildman–Crippen LogP) is 1.91. The Hall–Kier alpha value is -1.41. The van der Waals surface area contributed by atoms with Crippen LogP contribution in [-0.2, 0) is 4.79 Å². The molecule has 0 spiro atoms. The zero-order valence-electron chi connectivity index (χ0n) is 13.2. The molecule has 1 saturated heterocycles. The van der Waals surface area contributed by atoms with Crippen LogP contribution in [0.2, 0.25) is 0 Å². The van der Waals surface area contributed by atoms with E-state index in [0.29, 0.717) is 11.7 Å². The number of ether oxygens (including phenoxy) is 1. The van der Waals surface area contributed by atoms with E-state index in [4.69, 9.17) is 4.74 Å². The zero-order chi connectivity index (χ0) is 15.5. The van der Waals surface area contributed by atoms with Crippen molar-refractivity contribution < 1.29 is 9.53 Å². The van der Waals surface area contributed by atoms with Crippen LogP contribution in [-0.4, -0.2) is 67.6 Å². The quantitative estimate of drug-likeness (QED) is 0.907. The third kappa shape index (κ3) is 4.54. The number of fused-ring (bicyclic) bond motifs is 1. The van der Waals surface area contributed by atoms with E-state index in [2.05, 4.69) is 27.1 Å². The van der Waals surface area contributed by atoms with Gasteiger partial charge in [-0.15, -0.1) is 12.4 Å². The molecule has 0 saturated carbocycles. The third-order valence-corrected chi connectivity index (χ3v) is 4.74. The summed E-state index contributed by atoms with van der Waals surface area (Å²) >= 11 is 1.47. The maximum absolute atomic E-state index is 12.1. The molecule has 23 heavy (non-hydrogen) atoms. The van der Waals surface area contributed by atoms with Gasteiger partial charge in [-0.3, -0.25) is 9.69 Å². The van der Waals surface area contributed by atoms with E-state index in [1.54, 1.807) is 7.11 Å². The summed E-state index contributed by atoms with van der Waals surface area (Å²) in [6, 6.07) is 5.71. The molecular formula is C15H21ClN4O2S. The summed E-state index contributed by atoms with van der Waals surface area (Å²) in [6.07, 6.45) is 0. The molecule has 6 nitrogen and oxygen atoms in total. The van der Waals surface area contributed by atoms with Gasteiger partial charge in [0.1, 0.15) is 5.75 Å². The van der Waals surface area contributed by atoms with Crippen molar-refractivity contribution in [1.29, 1.82) is 0 Å². The number of hydrogen-bond donors (Lipinski definition) is 1. The molecule has 1 N–H and O–H groups in total. The lowest BCUT2D eigenvalue weighted by atomic mass is 10.3. The van der Waals surface area contributed by atoms with Crippen LogP contribution in [0.1, 0.15) is 0 Å². The average Bonchev–Trinajstić information content (AvgIpc) is 2.90. The van der Waals surface area contributed by atoms with Gasteiger partial charge in [0.15, 0.2) is 5.13 Å². The van der Waals surface area contributed by atoms with E-state index in [-0.39, 0.29) is 18.3 Å². The maximum Gasteiger partial charge on any atom is 0.240 e. The number of methoxy groups -OCH3 is 1. The van der Waals surface area contributed by atoms with Crippen LogP contribution < -0.4 is 10.1 Å². The molecular weight excluding hydrogens is 336 g/mol. The van der Waals surface area contributed by atoms with Crippen LogP contribution in [0.4, 0.5) is 5.13 Å². The smallest absolute Gasteiger partial charge is 0.240 e. The minimum absolute atomic E-state index is 0. The van der Waals surface area contributed by atoms with Gasteiger partial charge in [-0.25, -0.2) is 4.98 Å². The fraction of sp³-hybridized carbons (Fsp3) is 0.467. The maximum atomic E-state index is 12.1. The number of hydrogen-bond acceptors (Lipinski definition) is 6. The number of aromatic nitrogens is 1. The van der Waals surface area contributed by atoms with Gasteiger partial charge in [0.25, 0.3) is 0 Å². The van der Waals surface area contributed by atoms with E-state index in [9.17, 15) is 4.79 Å². The fourth-order valence-electron chi connectivity index (χ4n) is 2.45. The summed E-state index contributed by atoms with van der Waals surface area (Å²) in [5.41, 5.74) is 0.876. The topological polar surface area (TPSA) is 57.7 Å². The number of rotatable bonds is 4. The number of piperazine rings is 1. The van der Waals surface area contributed by atoms with E-state index < -0.39 is 0 Å². The van der Waals surface area contributed by atoms with E-state index in [0.717, 1.165) is 42.1 Å². The van der Waals surface area contributed by atoms with Crippen LogP contribution in [0.3, 0.4) is 0 Å². The van der Waals surface area contributed by atoms with Crippen molar-refractivity contribution in [1.82, 2.24) is 14.8 Å². The molecule has 0 radical (unpaired) electrons. The molecule has 2 aromatic rings. The number of carbonyl (C=O) groups is 1. The molecule has 0 bridgehead atoms. The largest absolute Gasteiger partial charge is 0.497 e. The third-order valence-electron chi connectivity index (χ3n) is 3.81. The first-order chi connectivity index (χ1) is 10.6. The number of carbonyl (C=O) groups excluding carboxylic acids is 1. The molecule has 1 aliphatic heterocycles. The molecule has 1 amide bonds. The van der Waals surface area contributed by atoms with E-state index in [1.165, 1.54) is 11.3 Å². The Balaban J connectivity index is 0.00000192. The lowest BCUT2D eigenvalue weighted by molar-refractivity contribution is -0.117. The molecule has 1 aromatic carbocycles. The Morgan fingerprint density at radius 1 is 1.35 bits per heavy atom. The van der Waals surface area contributed by atoms with Crippen molar-refractivity contribution in [3.05, 3.63) is 18.2 Å². The molecule has 0 unspecified atom stereocenters. The number of thiazole rings is 1. The Morgan fingerprint density at radius 2 is 2.09 bits per heavy atom. The van der Waals surface area contributed by atoms with Gasteiger partial charge >= 0.3 is 0 Å². The Labute approximate surface area is 145 Å².